The molecule has 31 heavy (non-hydrogen) atoms. The van der Waals surface area contributed by atoms with Gasteiger partial charge in [-0.05, 0) is 49.7 Å². The summed E-state index contributed by atoms with van der Waals surface area (Å²) in [4.78, 5) is 16.8. The lowest BCUT2D eigenvalue weighted by Crippen LogP contribution is -2.17. The van der Waals surface area contributed by atoms with Crippen LogP contribution in [0.3, 0.4) is 0 Å². The van der Waals surface area contributed by atoms with Crippen molar-refractivity contribution in [3.63, 3.8) is 0 Å². The molecule has 0 aliphatic carbocycles. The van der Waals surface area contributed by atoms with Crippen molar-refractivity contribution in [2.75, 3.05) is 18.2 Å². The predicted octanol–water partition coefficient (Wildman–Crippen LogP) is 2.38. The maximum absolute atomic E-state index is 12.8. The summed E-state index contributed by atoms with van der Waals surface area (Å²) in [5.74, 6) is 0.420. The summed E-state index contributed by atoms with van der Waals surface area (Å²) in [5.41, 5.74) is 1.54. The molecule has 1 unspecified atom stereocenters. The summed E-state index contributed by atoms with van der Waals surface area (Å²) in [5, 5.41) is 16.3. The molecule has 0 saturated heterocycles. The number of hydrogen-bond donors (Lipinski definition) is 2. The number of aryl methyl sites for hydroxylation is 1. The largest absolute Gasteiger partial charge is 0.488 e. The first-order valence-electron chi connectivity index (χ1n) is 9.63. The lowest BCUT2D eigenvalue weighted by atomic mass is 10.0. The van der Waals surface area contributed by atoms with Crippen LogP contribution >= 0.6 is 0 Å². The molecule has 3 rings (SSSR count). The first kappa shape index (κ1) is 22.4. The van der Waals surface area contributed by atoms with Crippen molar-refractivity contribution in [3.8, 4) is 16.9 Å². The summed E-state index contributed by atoms with van der Waals surface area (Å²) in [7, 11) is -3.42. The highest BCUT2D eigenvalue weighted by Gasteiger charge is 2.15. The van der Waals surface area contributed by atoms with E-state index in [4.69, 9.17) is 4.74 Å². The second-order valence-electron chi connectivity index (χ2n) is 7.03. The molecule has 9 nitrogen and oxygen atoms in total. The molecular formula is C21H24N4O5S. The van der Waals surface area contributed by atoms with Gasteiger partial charge in [-0.25, -0.2) is 13.4 Å². The van der Waals surface area contributed by atoms with Gasteiger partial charge >= 0.3 is 0 Å². The van der Waals surface area contributed by atoms with Crippen LogP contribution in [0.5, 0.6) is 5.75 Å². The monoisotopic (exact) mass is 444 g/mol. The van der Waals surface area contributed by atoms with Crippen molar-refractivity contribution in [2.45, 2.75) is 31.5 Å². The van der Waals surface area contributed by atoms with Gasteiger partial charge in [-0.2, -0.15) is 5.10 Å². The number of ether oxygens (including phenoxy) is 1. The minimum absolute atomic E-state index is 0.0398. The summed E-state index contributed by atoms with van der Waals surface area (Å²) >= 11 is 0. The average molecular weight is 445 g/mol. The first-order valence-corrected chi connectivity index (χ1v) is 11.5. The van der Waals surface area contributed by atoms with E-state index < -0.39 is 15.9 Å². The van der Waals surface area contributed by atoms with E-state index in [0.29, 0.717) is 34.8 Å². The van der Waals surface area contributed by atoms with Crippen LogP contribution in [0, 0.1) is 0 Å². The molecule has 0 saturated carbocycles. The number of sulfone groups is 1. The van der Waals surface area contributed by atoms with Gasteiger partial charge in [-0.1, -0.05) is 0 Å². The van der Waals surface area contributed by atoms with Crippen LogP contribution < -0.4 is 10.1 Å². The molecule has 0 radical (unpaired) electrons. The number of pyridine rings is 1. The summed E-state index contributed by atoms with van der Waals surface area (Å²) < 4.78 is 30.7. The van der Waals surface area contributed by atoms with E-state index in [9.17, 15) is 18.3 Å². The normalized spacial score (nSPS) is 12.4. The fourth-order valence-electron chi connectivity index (χ4n) is 2.80. The Morgan fingerprint density at radius 1 is 1.23 bits per heavy atom. The zero-order chi connectivity index (χ0) is 22.6. The topological polar surface area (TPSA) is 123 Å². The fraction of sp³-hybridized carbons (Fsp3) is 0.286. The number of aliphatic hydroxyl groups excluding tert-OH is 1. The Hall–Kier alpha value is -3.24. The van der Waals surface area contributed by atoms with Gasteiger partial charge in [0.25, 0.3) is 5.91 Å². The van der Waals surface area contributed by atoms with E-state index in [1.54, 1.807) is 48.1 Å². The molecule has 0 aliphatic rings. The summed E-state index contributed by atoms with van der Waals surface area (Å²) in [6.45, 7) is 4.13. The SMILES string of the molecule is CCn1ccc(NC(=O)c2cc(OC(C)CO)cc(-c3ccc(S(C)(=O)=O)nc3)c2)n1. The minimum Gasteiger partial charge on any atom is -0.488 e. The molecule has 10 heteroatoms. The van der Waals surface area contributed by atoms with Crippen molar-refractivity contribution < 1.29 is 23.1 Å². The Balaban J connectivity index is 1.96. The summed E-state index contributed by atoms with van der Waals surface area (Å²) in [6, 6.07) is 9.64. The molecule has 3 aromatic rings. The quantitative estimate of drug-likeness (QED) is 0.547. The molecular weight excluding hydrogens is 420 g/mol. The Kier molecular flexibility index (Phi) is 6.71. The van der Waals surface area contributed by atoms with Crippen LogP contribution in [-0.2, 0) is 16.4 Å². The van der Waals surface area contributed by atoms with Gasteiger partial charge in [0, 0.05) is 42.4 Å². The smallest absolute Gasteiger partial charge is 0.257 e. The zero-order valence-corrected chi connectivity index (χ0v) is 18.3. The molecule has 0 bridgehead atoms. The van der Waals surface area contributed by atoms with Gasteiger partial charge in [0.1, 0.15) is 11.9 Å². The number of nitrogens with zero attached hydrogens (tertiary/aromatic N) is 3. The molecule has 2 heterocycles. The molecule has 2 aromatic heterocycles. The van der Waals surface area contributed by atoms with Gasteiger partial charge < -0.3 is 15.2 Å². The van der Waals surface area contributed by atoms with E-state index in [0.717, 1.165) is 6.26 Å². The van der Waals surface area contributed by atoms with Crippen molar-refractivity contribution in [2.24, 2.45) is 0 Å². The number of amides is 1. The van der Waals surface area contributed by atoms with Crippen molar-refractivity contribution in [1.82, 2.24) is 14.8 Å². The van der Waals surface area contributed by atoms with Gasteiger partial charge in [0.05, 0.1) is 6.61 Å². The lowest BCUT2D eigenvalue weighted by Gasteiger charge is -2.15. The highest BCUT2D eigenvalue weighted by Crippen LogP contribution is 2.27. The predicted molar refractivity (Wildman–Crippen MR) is 116 cm³/mol. The highest BCUT2D eigenvalue weighted by atomic mass is 32.2. The van der Waals surface area contributed by atoms with E-state index in [-0.39, 0.29) is 17.5 Å². The molecule has 2 N–H and O–H groups in total. The van der Waals surface area contributed by atoms with Crippen LogP contribution in [0.25, 0.3) is 11.1 Å². The Labute approximate surface area is 180 Å². The number of nitrogens with one attached hydrogen (secondary N) is 1. The van der Waals surface area contributed by atoms with Gasteiger partial charge in [0.2, 0.25) is 0 Å². The summed E-state index contributed by atoms with van der Waals surface area (Å²) in [6.07, 6.45) is 3.80. The number of aromatic nitrogens is 3. The fourth-order valence-corrected chi connectivity index (χ4v) is 3.36. The molecule has 0 spiro atoms. The average Bonchev–Trinajstić information content (AvgIpc) is 3.20. The second kappa shape index (κ2) is 9.27. The minimum atomic E-state index is -3.42. The van der Waals surface area contributed by atoms with Crippen LogP contribution in [0.2, 0.25) is 0 Å². The zero-order valence-electron chi connectivity index (χ0n) is 17.4. The van der Waals surface area contributed by atoms with E-state index in [2.05, 4.69) is 15.4 Å². The number of carbonyl (C=O) groups is 1. The second-order valence-corrected chi connectivity index (χ2v) is 8.99. The van der Waals surface area contributed by atoms with Crippen molar-refractivity contribution >= 4 is 21.6 Å². The van der Waals surface area contributed by atoms with E-state index in [1.807, 2.05) is 6.92 Å². The first-order chi connectivity index (χ1) is 14.7. The molecule has 1 amide bonds. The van der Waals surface area contributed by atoms with Crippen LogP contribution in [0.1, 0.15) is 24.2 Å². The number of aliphatic hydroxyl groups is 1. The maximum atomic E-state index is 12.8. The van der Waals surface area contributed by atoms with E-state index >= 15 is 0 Å². The molecule has 1 aromatic carbocycles. The number of rotatable bonds is 8. The number of benzene rings is 1. The van der Waals surface area contributed by atoms with Gasteiger partial charge in [-0.3, -0.25) is 9.48 Å². The van der Waals surface area contributed by atoms with Gasteiger partial charge in [0.15, 0.2) is 20.7 Å². The Morgan fingerprint density at radius 2 is 2.00 bits per heavy atom. The van der Waals surface area contributed by atoms with Crippen molar-refractivity contribution in [1.29, 1.82) is 0 Å². The van der Waals surface area contributed by atoms with Crippen LogP contribution in [-0.4, -0.2) is 53.2 Å². The Bertz CT molecular complexity index is 1170. The Morgan fingerprint density at radius 3 is 2.58 bits per heavy atom. The highest BCUT2D eigenvalue weighted by molar-refractivity contribution is 7.90. The third kappa shape index (κ3) is 5.68. The van der Waals surface area contributed by atoms with E-state index in [1.165, 1.54) is 12.3 Å². The van der Waals surface area contributed by atoms with Crippen molar-refractivity contribution in [3.05, 3.63) is 54.4 Å². The third-order valence-electron chi connectivity index (χ3n) is 4.42. The standard InChI is InChI=1S/C21H24N4O5S/c1-4-25-8-7-19(24-25)23-21(27)17-9-16(10-18(11-17)30-14(2)13-26)15-5-6-20(22-12-15)31(3,28)29/h5-12,14,26H,4,13H2,1-3H3,(H,23,24,27). The third-order valence-corrected chi connectivity index (χ3v) is 5.42. The maximum Gasteiger partial charge on any atom is 0.257 e. The molecule has 1 atom stereocenters. The lowest BCUT2D eigenvalue weighted by molar-refractivity contribution is 0.102. The molecule has 164 valence electrons. The number of anilines is 1. The van der Waals surface area contributed by atoms with Gasteiger partial charge in [-0.15, -0.1) is 0 Å². The van der Waals surface area contributed by atoms with Crippen LogP contribution in [0.15, 0.2) is 53.8 Å². The van der Waals surface area contributed by atoms with Crippen LogP contribution in [0.4, 0.5) is 5.82 Å². The molecule has 0 fully saturated rings. The number of carbonyl (C=O) groups excluding carboxylic acids is 1. The molecule has 0 aliphatic heterocycles. The number of hydrogen-bond acceptors (Lipinski definition) is 7.